The van der Waals surface area contributed by atoms with Gasteiger partial charge in [-0.1, -0.05) is 23.7 Å². The number of nitrogens with one attached hydrogen (secondary N) is 1. The minimum Gasteiger partial charge on any atom is -0.324 e. The Bertz CT molecular complexity index is 371. The number of amides is 1. The Balaban J connectivity index is 2.28. The first kappa shape index (κ1) is 14.4. The van der Waals surface area contributed by atoms with Crippen molar-refractivity contribution in [2.45, 2.75) is 0 Å². The zero-order valence-corrected chi connectivity index (χ0v) is 11.6. The van der Waals surface area contributed by atoms with Crippen LogP contribution in [0.3, 0.4) is 0 Å². The molecule has 1 aromatic carbocycles. The van der Waals surface area contributed by atoms with Crippen molar-refractivity contribution in [2.24, 2.45) is 0 Å². The highest BCUT2D eigenvalue weighted by Gasteiger charge is 2.05. The van der Waals surface area contributed by atoms with Gasteiger partial charge < -0.3 is 10.2 Å². The molecule has 1 N–H and O–H groups in total. The number of rotatable bonds is 6. The standard InChI is InChI=1S/C12H17ClN2OS/c1-15(2)7-8-17-9-12(16)14-11-6-4-3-5-10(11)13/h3-6H,7-9H2,1-2H3,(H,14,16). The van der Waals surface area contributed by atoms with Crippen molar-refractivity contribution >= 4 is 35.0 Å². The first-order valence-corrected chi connectivity index (χ1v) is 6.89. The summed E-state index contributed by atoms with van der Waals surface area (Å²) in [5.41, 5.74) is 0.673. The Morgan fingerprint density at radius 3 is 2.76 bits per heavy atom. The molecule has 0 saturated heterocycles. The van der Waals surface area contributed by atoms with E-state index >= 15 is 0 Å². The van der Waals surface area contributed by atoms with Crippen molar-refractivity contribution in [3.05, 3.63) is 29.3 Å². The second-order valence-electron chi connectivity index (χ2n) is 3.88. The van der Waals surface area contributed by atoms with Gasteiger partial charge in [-0.15, -0.1) is 0 Å². The van der Waals surface area contributed by atoms with Crippen LogP contribution in [0.1, 0.15) is 0 Å². The average molecular weight is 273 g/mol. The maximum absolute atomic E-state index is 11.6. The summed E-state index contributed by atoms with van der Waals surface area (Å²) in [6.45, 7) is 0.976. The number of anilines is 1. The monoisotopic (exact) mass is 272 g/mol. The highest BCUT2D eigenvalue weighted by Crippen LogP contribution is 2.20. The van der Waals surface area contributed by atoms with Crippen molar-refractivity contribution in [1.29, 1.82) is 0 Å². The molecule has 1 rings (SSSR count). The molecule has 0 aromatic heterocycles. The van der Waals surface area contributed by atoms with Crippen molar-refractivity contribution in [1.82, 2.24) is 4.90 Å². The molecule has 0 heterocycles. The summed E-state index contributed by atoms with van der Waals surface area (Å²) in [6, 6.07) is 7.24. The van der Waals surface area contributed by atoms with Crippen molar-refractivity contribution in [3.63, 3.8) is 0 Å². The summed E-state index contributed by atoms with van der Waals surface area (Å²) >= 11 is 7.56. The lowest BCUT2D eigenvalue weighted by molar-refractivity contribution is -0.113. The maximum Gasteiger partial charge on any atom is 0.234 e. The van der Waals surface area contributed by atoms with E-state index in [2.05, 4.69) is 10.2 Å². The summed E-state index contributed by atoms with van der Waals surface area (Å²) < 4.78 is 0. The van der Waals surface area contributed by atoms with Crippen LogP contribution in [0.5, 0.6) is 0 Å². The second kappa shape index (κ2) is 7.58. The van der Waals surface area contributed by atoms with Crippen molar-refractivity contribution in [3.8, 4) is 0 Å². The predicted molar refractivity (Wildman–Crippen MR) is 76.0 cm³/mol. The molecule has 5 heteroatoms. The molecule has 0 saturated carbocycles. The quantitative estimate of drug-likeness (QED) is 0.808. The lowest BCUT2D eigenvalue weighted by atomic mass is 10.3. The molecule has 0 aliphatic carbocycles. The second-order valence-corrected chi connectivity index (χ2v) is 5.40. The van der Waals surface area contributed by atoms with Crippen LogP contribution in [-0.4, -0.2) is 43.0 Å². The van der Waals surface area contributed by atoms with Crippen LogP contribution in [0.25, 0.3) is 0 Å². The first-order valence-electron chi connectivity index (χ1n) is 5.36. The van der Waals surface area contributed by atoms with Gasteiger partial charge in [-0.3, -0.25) is 4.79 Å². The third-order valence-electron chi connectivity index (χ3n) is 2.06. The molecule has 0 spiro atoms. The Kier molecular flexibility index (Phi) is 6.40. The lowest BCUT2D eigenvalue weighted by Crippen LogP contribution is -2.18. The SMILES string of the molecule is CN(C)CCSCC(=O)Nc1ccccc1Cl. The Labute approximate surface area is 112 Å². The molecule has 1 amide bonds. The van der Waals surface area contributed by atoms with Gasteiger partial charge in [0.25, 0.3) is 0 Å². The van der Waals surface area contributed by atoms with Crippen molar-refractivity contribution < 1.29 is 4.79 Å². The molecule has 0 atom stereocenters. The Hall–Kier alpha value is -0.710. The third-order valence-corrected chi connectivity index (χ3v) is 3.33. The summed E-state index contributed by atoms with van der Waals surface area (Å²) in [6.07, 6.45) is 0. The van der Waals surface area contributed by atoms with Crippen LogP contribution in [-0.2, 0) is 4.79 Å². The minimum absolute atomic E-state index is 0.0122. The summed E-state index contributed by atoms with van der Waals surface area (Å²) in [4.78, 5) is 13.7. The smallest absolute Gasteiger partial charge is 0.234 e. The summed E-state index contributed by atoms with van der Waals surface area (Å²) in [5.74, 6) is 1.39. The van der Waals surface area contributed by atoms with E-state index in [1.165, 1.54) is 0 Å². The van der Waals surface area contributed by atoms with E-state index < -0.39 is 0 Å². The maximum atomic E-state index is 11.6. The van der Waals surface area contributed by atoms with Gasteiger partial charge in [0.15, 0.2) is 0 Å². The zero-order valence-electron chi connectivity index (χ0n) is 10.1. The number of hydrogen-bond acceptors (Lipinski definition) is 3. The van der Waals surface area contributed by atoms with Gasteiger partial charge >= 0.3 is 0 Å². The van der Waals surface area contributed by atoms with E-state index in [-0.39, 0.29) is 5.91 Å². The van der Waals surface area contributed by atoms with Gasteiger partial charge in [0.1, 0.15) is 0 Å². The molecule has 0 aliphatic heterocycles. The van der Waals surface area contributed by atoms with Crippen molar-refractivity contribution in [2.75, 3.05) is 37.5 Å². The third kappa shape index (κ3) is 5.96. The largest absolute Gasteiger partial charge is 0.324 e. The number of benzene rings is 1. The number of halogens is 1. The molecule has 0 unspecified atom stereocenters. The molecular weight excluding hydrogens is 256 g/mol. The number of nitrogens with zero attached hydrogens (tertiary/aromatic N) is 1. The molecule has 0 bridgehead atoms. The number of para-hydroxylation sites is 1. The predicted octanol–water partition coefficient (Wildman–Crippen LogP) is 2.57. The van der Waals surface area contributed by atoms with Gasteiger partial charge in [-0.25, -0.2) is 0 Å². The van der Waals surface area contributed by atoms with E-state index in [0.717, 1.165) is 12.3 Å². The number of carbonyl (C=O) groups excluding carboxylic acids is 1. The fourth-order valence-corrected chi connectivity index (χ4v) is 2.24. The van der Waals surface area contributed by atoms with Gasteiger partial charge in [-0.2, -0.15) is 11.8 Å². The van der Waals surface area contributed by atoms with E-state index in [1.807, 2.05) is 26.2 Å². The van der Waals surface area contributed by atoms with Crippen LogP contribution in [0, 0.1) is 0 Å². The normalized spacial score (nSPS) is 10.6. The molecule has 0 aliphatic rings. The molecule has 17 heavy (non-hydrogen) atoms. The van der Waals surface area contributed by atoms with Crippen LogP contribution in [0.4, 0.5) is 5.69 Å². The molecular formula is C12H17ClN2OS. The minimum atomic E-state index is -0.0122. The lowest BCUT2D eigenvalue weighted by Gasteiger charge is -2.09. The first-order chi connectivity index (χ1) is 8.09. The molecule has 0 radical (unpaired) electrons. The van der Waals surface area contributed by atoms with Crippen LogP contribution in [0.15, 0.2) is 24.3 Å². The van der Waals surface area contributed by atoms with Gasteiger partial charge in [0.2, 0.25) is 5.91 Å². The topological polar surface area (TPSA) is 32.3 Å². The van der Waals surface area contributed by atoms with Gasteiger partial charge in [0.05, 0.1) is 16.5 Å². The van der Waals surface area contributed by atoms with E-state index in [9.17, 15) is 4.79 Å². The van der Waals surface area contributed by atoms with Gasteiger partial charge in [-0.05, 0) is 26.2 Å². The number of hydrogen-bond donors (Lipinski definition) is 1. The van der Waals surface area contributed by atoms with E-state index in [4.69, 9.17) is 11.6 Å². The van der Waals surface area contributed by atoms with Crippen LogP contribution >= 0.6 is 23.4 Å². The highest BCUT2D eigenvalue weighted by atomic mass is 35.5. The van der Waals surface area contributed by atoms with E-state index in [0.29, 0.717) is 16.5 Å². The van der Waals surface area contributed by atoms with Gasteiger partial charge in [0, 0.05) is 12.3 Å². The molecule has 0 fully saturated rings. The summed E-state index contributed by atoms with van der Waals surface area (Å²) in [7, 11) is 4.04. The molecule has 1 aromatic rings. The summed E-state index contributed by atoms with van der Waals surface area (Å²) in [5, 5.41) is 3.36. The Morgan fingerprint density at radius 2 is 2.12 bits per heavy atom. The fourth-order valence-electron chi connectivity index (χ4n) is 1.16. The average Bonchev–Trinajstić information content (AvgIpc) is 2.27. The van der Waals surface area contributed by atoms with Crippen LogP contribution < -0.4 is 5.32 Å². The number of carbonyl (C=O) groups is 1. The molecule has 94 valence electrons. The molecule has 3 nitrogen and oxygen atoms in total. The zero-order chi connectivity index (χ0) is 12.7. The fraction of sp³-hybridized carbons (Fsp3) is 0.417. The number of thioether (sulfide) groups is 1. The highest BCUT2D eigenvalue weighted by molar-refractivity contribution is 7.99. The Morgan fingerprint density at radius 1 is 1.41 bits per heavy atom. The van der Waals surface area contributed by atoms with E-state index in [1.54, 1.807) is 23.9 Å². The van der Waals surface area contributed by atoms with Crippen LogP contribution in [0.2, 0.25) is 5.02 Å².